The summed E-state index contributed by atoms with van der Waals surface area (Å²) in [5.41, 5.74) is 0.941. The molecule has 7 nitrogen and oxygen atoms in total. The SMILES string of the molecule is CCN(CC)S(=O)(=O)c1cccc(C(=O)Nc2ccc(N3CCOCC3)c(F)c2)c1. The summed E-state index contributed by atoms with van der Waals surface area (Å²) in [6.45, 7) is 6.50. The van der Waals surface area contributed by atoms with Gasteiger partial charge in [0.15, 0.2) is 0 Å². The van der Waals surface area contributed by atoms with Gasteiger partial charge in [0.2, 0.25) is 10.0 Å². The second-order valence-corrected chi connectivity index (χ2v) is 8.77. The first-order chi connectivity index (χ1) is 14.4. The molecule has 2 aromatic carbocycles. The molecule has 0 unspecified atom stereocenters. The Balaban J connectivity index is 1.77. The summed E-state index contributed by atoms with van der Waals surface area (Å²) in [4.78, 5) is 14.6. The molecule has 162 valence electrons. The number of nitrogens with zero attached hydrogens (tertiary/aromatic N) is 2. The number of morpholine rings is 1. The van der Waals surface area contributed by atoms with Crippen LogP contribution < -0.4 is 10.2 Å². The number of amides is 1. The number of carbonyl (C=O) groups is 1. The number of anilines is 2. The Kier molecular flexibility index (Phi) is 7.06. The van der Waals surface area contributed by atoms with Crippen molar-refractivity contribution in [2.75, 3.05) is 49.6 Å². The van der Waals surface area contributed by atoms with E-state index >= 15 is 0 Å². The van der Waals surface area contributed by atoms with Gasteiger partial charge in [-0.15, -0.1) is 0 Å². The Morgan fingerprint density at radius 3 is 2.47 bits per heavy atom. The summed E-state index contributed by atoms with van der Waals surface area (Å²) in [5, 5.41) is 2.63. The van der Waals surface area contributed by atoms with Crippen LogP contribution in [0.5, 0.6) is 0 Å². The van der Waals surface area contributed by atoms with E-state index in [4.69, 9.17) is 4.74 Å². The van der Waals surface area contributed by atoms with Gasteiger partial charge in [-0.1, -0.05) is 19.9 Å². The van der Waals surface area contributed by atoms with Crippen LogP contribution in [0, 0.1) is 5.82 Å². The van der Waals surface area contributed by atoms with E-state index in [1.807, 2.05) is 4.90 Å². The van der Waals surface area contributed by atoms with Gasteiger partial charge in [-0.25, -0.2) is 12.8 Å². The minimum absolute atomic E-state index is 0.0488. The predicted octanol–water partition coefficient (Wildman–Crippen LogP) is 2.95. The van der Waals surface area contributed by atoms with Crippen LogP contribution in [0.2, 0.25) is 0 Å². The summed E-state index contributed by atoms with van der Waals surface area (Å²) >= 11 is 0. The molecule has 0 aliphatic carbocycles. The number of rotatable bonds is 7. The maximum Gasteiger partial charge on any atom is 0.255 e. The third kappa shape index (κ3) is 4.80. The zero-order valence-electron chi connectivity index (χ0n) is 17.1. The second-order valence-electron chi connectivity index (χ2n) is 6.84. The lowest BCUT2D eigenvalue weighted by atomic mass is 10.2. The van der Waals surface area contributed by atoms with Gasteiger partial charge >= 0.3 is 0 Å². The number of sulfonamides is 1. The molecular formula is C21H26FN3O4S. The van der Waals surface area contributed by atoms with Crippen LogP contribution in [0.3, 0.4) is 0 Å². The van der Waals surface area contributed by atoms with Crippen LogP contribution in [0.15, 0.2) is 47.4 Å². The Hall–Kier alpha value is -2.49. The van der Waals surface area contributed by atoms with Crippen molar-refractivity contribution in [2.24, 2.45) is 0 Å². The molecule has 0 atom stereocenters. The van der Waals surface area contributed by atoms with Crippen LogP contribution in [0.4, 0.5) is 15.8 Å². The first kappa shape index (κ1) is 22.2. The van der Waals surface area contributed by atoms with E-state index in [-0.39, 0.29) is 10.5 Å². The molecule has 0 aromatic heterocycles. The van der Waals surface area contributed by atoms with Gasteiger partial charge in [-0.05, 0) is 36.4 Å². The number of nitrogens with one attached hydrogen (secondary N) is 1. The number of hydrogen-bond donors (Lipinski definition) is 1. The lowest BCUT2D eigenvalue weighted by Gasteiger charge is -2.29. The molecule has 30 heavy (non-hydrogen) atoms. The molecule has 1 saturated heterocycles. The maximum absolute atomic E-state index is 14.6. The van der Waals surface area contributed by atoms with Gasteiger partial charge in [0, 0.05) is 37.4 Å². The van der Waals surface area contributed by atoms with E-state index in [0.717, 1.165) is 0 Å². The molecule has 1 aliphatic rings. The Bertz CT molecular complexity index is 1000. The van der Waals surface area contributed by atoms with Crippen LogP contribution in [0.1, 0.15) is 24.2 Å². The van der Waals surface area contributed by atoms with E-state index < -0.39 is 21.7 Å². The van der Waals surface area contributed by atoms with Gasteiger partial charge in [-0.3, -0.25) is 4.79 Å². The summed E-state index contributed by atoms with van der Waals surface area (Å²) in [6, 6.07) is 10.4. The largest absolute Gasteiger partial charge is 0.378 e. The molecule has 0 saturated carbocycles. The lowest BCUT2D eigenvalue weighted by Crippen LogP contribution is -2.36. The zero-order chi connectivity index (χ0) is 21.7. The molecule has 1 fully saturated rings. The number of halogens is 1. The zero-order valence-corrected chi connectivity index (χ0v) is 17.9. The molecule has 0 spiro atoms. The van der Waals surface area contributed by atoms with Crippen molar-refractivity contribution in [1.82, 2.24) is 4.31 Å². The highest BCUT2D eigenvalue weighted by Crippen LogP contribution is 2.24. The molecule has 1 aliphatic heterocycles. The van der Waals surface area contributed by atoms with Crippen molar-refractivity contribution in [2.45, 2.75) is 18.7 Å². The first-order valence-corrected chi connectivity index (χ1v) is 11.3. The van der Waals surface area contributed by atoms with Crippen molar-refractivity contribution < 1.29 is 22.3 Å². The van der Waals surface area contributed by atoms with Crippen LogP contribution in [-0.4, -0.2) is 58.0 Å². The third-order valence-electron chi connectivity index (χ3n) is 5.00. The average Bonchev–Trinajstić information content (AvgIpc) is 2.75. The summed E-state index contributed by atoms with van der Waals surface area (Å²) < 4.78 is 46.5. The first-order valence-electron chi connectivity index (χ1n) is 9.90. The number of benzene rings is 2. The minimum Gasteiger partial charge on any atom is -0.378 e. The number of hydrogen-bond acceptors (Lipinski definition) is 5. The predicted molar refractivity (Wildman–Crippen MR) is 114 cm³/mol. The Morgan fingerprint density at radius 1 is 1.13 bits per heavy atom. The topological polar surface area (TPSA) is 79.0 Å². The highest BCUT2D eigenvalue weighted by molar-refractivity contribution is 7.89. The van der Waals surface area contributed by atoms with Crippen LogP contribution in [0.25, 0.3) is 0 Å². The van der Waals surface area contributed by atoms with Gasteiger partial charge in [0.25, 0.3) is 5.91 Å². The fourth-order valence-corrected chi connectivity index (χ4v) is 4.86. The molecule has 0 bridgehead atoms. The van der Waals surface area contributed by atoms with Gasteiger partial charge in [0.1, 0.15) is 5.82 Å². The highest BCUT2D eigenvalue weighted by Gasteiger charge is 2.23. The summed E-state index contributed by atoms with van der Waals surface area (Å²) in [5.74, 6) is -0.947. The average molecular weight is 436 g/mol. The fourth-order valence-electron chi connectivity index (χ4n) is 3.36. The van der Waals surface area contributed by atoms with Crippen molar-refractivity contribution in [1.29, 1.82) is 0 Å². The second kappa shape index (κ2) is 9.55. The van der Waals surface area contributed by atoms with E-state index in [2.05, 4.69) is 5.32 Å². The lowest BCUT2D eigenvalue weighted by molar-refractivity contribution is 0.102. The van der Waals surface area contributed by atoms with E-state index in [1.54, 1.807) is 26.0 Å². The molecule has 1 heterocycles. The quantitative estimate of drug-likeness (QED) is 0.724. The van der Waals surface area contributed by atoms with Gasteiger partial charge in [0.05, 0.1) is 23.8 Å². The molecular weight excluding hydrogens is 409 g/mol. The highest BCUT2D eigenvalue weighted by atomic mass is 32.2. The summed E-state index contributed by atoms with van der Waals surface area (Å²) in [6.07, 6.45) is 0. The molecule has 1 N–H and O–H groups in total. The van der Waals surface area contributed by atoms with Crippen molar-refractivity contribution in [3.63, 3.8) is 0 Å². The molecule has 0 radical (unpaired) electrons. The monoisotopic (exact) mass is 435 g/mol. The number of ether oxygens (including phenoxy) is 1. The molecule has 2 aromatic rings. The third-order valence-corrected chi connectivity index (χ3v) is 7.04. The van der Waals surface area contributed by atoms with E-state index in [9.17, 15) is 17.6 Å². The van der Waals surface area contributed by atoms with Gasteiger partial charge in [-0.2, -0.15) is 4.31 Å². The van der Waals surface area contributed by atoms with Crippen molar-refractivity contribution in [3.05, 3.63) is 53.8 Å². The smallest absolute Gasteiger partial charge is 0.255 e. The molecule has 9 heteroatoms. The summed E-state index contributed by atoms with van der Waals surface area (Å²) in [7, 11) is -3.68. The Morgan fingerprint density at radius 2 is 1.83 bits per heavy atom. The molecule has 1 amide bonds. The van der Waals surface area contributed by atoms with Crippen molar-refractivity contribution in [3.8, 4) is 0 Å². The standard InChI is InChI=1S/C21H26FN3O4S/c1-3-25(4-2)30(27,28)18-7-5-6-16(14-18)21(26)23-17-8-9-20(19(22)15-17)24-10-12-29-13-11-24/h5-9,14-15H,3-4,10-13H2,1-2H3,(H,23,26). The van der Waals surface area contributed by atoms with Crippen molar-refractivity contribution >= 4 is 27.3 Å². The molecule has 3 rings (SSSR count). The number of carbonyl (C=O) groups excluding carboxylic acids is 1. The van der Waals surface area contributed by atoms with Crippen LogP contribution >= 0.6 is 0 Å². The van der Waals surface area contributed by atoms with E-state index in [1.165, 1.54) is 34.6 Å². The minimum atomic E-state index is -3.68. The Labute approximate surface area is 176 Å². The fraction of sp³-hybridized carbons (Fsp3) is 0.381. The maximum atomic E-state index is 14.6. The normalized spacial score (nSPS) is 14.7. The van der Waals surface area contributed by atoms with Gasteiger partial charge < -0.3 is 15.0 Å². The van der Waals surface area contributed by atoms with E-state index in [0.29, 0.717) is 50.8 Å². The van der Waals surface area contributed by atoms with Crippen LogP contribution in [-0.2, 0) is 14.8 Å².